The molecule has 1 rings (SSSR count). The highest BCUT2D eigenvalue weighted by atomic mass is 19.4. The van der Waals surface area contributed by atoms with Crippen molar-refractivity contribution in [1.29, 1.82) is 0 Å². The summed E-state index contributed by atoms with van der Waals surface area (Å²) in [5, 5.41) is 3.33. The van der Waals surface area contributed by atoms with Gasteiger partial charge in [0.15, 0.2) is 0 Å². The van der Waals surface area contributed by atoms with Gasteiger partial charge in [-0.05, 0) is 51.0 Å². The van der Waals surface area contributed by atoms with Crippen molar-refractivity contribution >= 4 is 0 Å². The van der Waals surface area contributed by atoms with Crippen LogP contribution >= 0.6 is 0 Å². The molecule has 1 N–H and O–H groups in total. The molecule has 0 aliphatic heterocycles. The van der Waals surface area contributed by atoms with Gasteiger partial charge in [-0.2, -0.15) is 13.2 Å². The lowest BCUT2D eigenvalue weighted by Crippen LogP contribution is -2.42. The van der Waals surface area contributed by atoms with Crippen molar-refractivity contribution in [2.75, 3.05) is 7.05 Å². The summed E-state index contributed by atoms with van der Waals surface area (Å²) in [4.78, 5) is 0. The van der Waals surface area contributed by atoms with Gasteiger partial charge < -0.3 is 5.32 Å². The molecule has 0 aromatic carbocycles. The molecule has 0 bridgehead atoms. The van der Waals surface area contributed by atoms with Crippen molar-refractivity contribution in [3.63, 3.8) is 0 Å². The summed E-state index contributed by atoms with van der Waals surface area (Å²) in [7, 11) is 1.94. The maximum absolute atomic E-state index is 12.6. The largest absolute Gasteiger partial charge is 0.391 e. The molecule has 0 saturated heterocycles. The molecule has 0 aromatic rings. The average molecular weight is 265 g/mol. The molecule has 108 valence electrons. The Hall–Kier alpha value is -0.250. The van der Waals surface area contributed by atoms with E-state index in [0.717, 1.165) is 12.8 Å². The van der Waals surface area contributed by atoms with Crippen LogP contribution in [0.15, 0.2) is 0 Å². The van der Waals surface area contributed by atoms with E-state index < -0.39 is 12.1 Å². The first kappa shape index (κ1) is 15.8. The lowest BCUT2D eigenvalue weighted by molar-refractivity contribution is -0.184. The van der Waals surface area contributed by atoms with Crippen LogP contribution in [-0.4, -0.2) is 19.3 Å². The SMILES string of the molecule is CCCC(C)C(NC)C1CCC(C(F)(F)F)CC1. The van der Waals surface area contributed by atoms with Gasteiger partial charge in [0.05, 0.1) is 5.92 Å². The van der Waals surface area contributed by atoms with Crippen LogP contribution in [0, 0.1) is 17.8 Å². The maximum atomic E-state index is 12.6. The van der Waals surface area contributed by atoms with E-state index in [1.165, 1.54) is 0 Å². The number of hydrogen-bond donors (Lipinski definition) is 1. The molecule has 2 unspecified atom stereocenters. The molecular weight excluding hydrogens is 239 g/mol. The van der Waals surface area contributed by atoms with Crippen LogP contribution in [-0.2, 0) is 0 Å². The van der Waals surface area contributed by atoms with E-state index in [1.807, 2.05) is 7.05 Å². The molecule has 1 aliphatic carbocycles. The van der Waals surface area contributed by atoms with Crippen molar-refractivity contribution in [3.05, 3.63) is 0 Å². The third-order valence-electron chi connectivity index (χ3n) is 4.43. The van der Waals surface area contributed by atoms with Gasteiger partial charge in [0.2, 0.25) is 0 Å². The Balaban J connectivity index is 2.50. The lowest BCUT2D eigenvalue weighted by atomic mass is 9.74. The fourth-order valence-corrected chi connectivity index (χ4v) is 3.43. The van der Waals surface area contributed by atoms with Crippen LogP contribution in [0.25, 0.3) is 0 Å². The fraction of sp³-hybridized carbons (Fsp3) is 1.00. The van der Waals surface area contributed by atoms with Crippen LogP contribution in [0.2, 0.25) is 0 Å². The lowest BCUT2D eigenvalue weighted by Gasteiger charge is -2.37. The summed E-state index contributed by atoms with van der Waals surface area (Å²) in [6.07, 6.45) is 0.334. The number of alkyl halides is 3. The molecule has 0 heterocycles. The second kappa shape index (κ2) is 6.78. The first-order valence-corrected chi connectivity index (χ1v) is 7.14. The van der Waals surface area contributed by atoms with Gasteiger partial charge >= 0.3 is 6.18 Å². The topological polar surface area (TPSA) is 12.0 Å². The molecular formula is C14H26F3N. The molecule has 0 spiro atoms. The van der Waals surface area contributed by atoms with E-state index in [2.05, 4.69) is 19.2 Å². The van der Waals surface area contributed by atoms with Crippen LogP contribution < -0.4 is 5.32 Å². The summed E-state index contributed by atoms with van der Waals surface area (Å²) in [6, 6.07) is 0.374. The minimum atomic E-state index is -3.99. The van der Waals surface area contributed by atoms with E-state index >= 15 is 0 Å². The van der Waals surface area contributed by atoms with Crippen molar-refractivity contribution in [2.24, 2.45) is 17.8 Å². The van der Waals surface area contributed by atoms with Crippen molar-refractivity contribution in [3.8, 4) is 0 Å². The second-order valence-corrected chi connectivity index (χ2v) is 5.73. The molecule has 4 heteroatoms. The van der Waals surface area contributed by atoms with Crippen molar-refractivity contribution in [2.45, 2.75) is 64.6 Å². The number of hydrogen-bond acceptors (Lipinski definition) is 1. The van der Waals surface area contributed by atoms with Crippen molar-refractivity contribution < 1.29 is 13.2 Å². The quantitative estimate of drug-likeness (QED) is 0.778. The minimum Gasteiger partial charge on any atom is -0.316 e. The standard InChI is InChI=1S/C14H26F3N/c1-4-5-10(2)13(18-3)11-6-8-12(9-7-11)14(15,16)17/h10-13,18H,4-9H2,1-3H3. The van der Waals surface area contributed by atoms with Gasteiger partial charge in [-0.15, -0.1) is 0 Å². The molecule has 0 aromatic heterocycles. The summed E-state index contributed by atoms with van der Waals surface area (Å²) >= 11 is 0. The second-order valence-electron chi connectivity index (χ2n) is 5.73. The molecule has 18 heavy (non-hydrogen) atoms. The number of nitrogens with one attached hydrogen (secondary N) is 1. The van der Waals surface area contributed by atoms with E-state index in [0.29, 0.717) is 43.6 Å². The summed E-state index contributed by atoms with van der Waals surface area (Å²) in [5.74, 6) is -0.102. The summed E-state index contributed by atoms with van der Waals surface area (Å²) in [5.41, 5.74) is 0. The number of rotatable bonds is 5. The molecule has 1 aliphatic rings. The Morgan fingerprint density at radius 1 is 1.17 bits per heavy atom. The predicted octanol–water partition coefficient (Wildman–Crippen LogP) is 4.38. The van der Waals surface area contributed by atoms with Crippen molar-refractivity contribution in [1.82, 2.24) is 5.32 Å². The zero-order chi connectivity index (χ0) is 13.8. The third-order valence-corrected chi connectivity index (χ3v) is 4.43. The highest BCUT2D eigenvalue weighted by Gasteiger charge is 2.42. The monoisotopic (exact) mass is 265 g/mol. The van der Waals surface area contributed by atoms with E-state index in [-0.39, 0.29) is 0 Å². The highest BCUT2D eigenvalue weighted by molar-refractivity contribution is 4.86. The number of halogens is 3. The Morgan fingerprint density at radius 3 is 2.11 bits per heavy atom. The molecule has 1 nitrogen and oxygen atoms in total. The van der Waals surface area contributed by atoms with Crippen LogP contribution in [0.5, 0.6) is 0 Å². The average Bonchev–Trinajstić information content (AvgIpc) is 2.30. The molecule has 2 atom stereocenters. The van der Waals surface area contributed by atoms with Crippen LogP contribution in [0.3, 0.4) is 0 Å². The van der Waals surface area contributed by atoms with E-state index in [1.54, 1.807) is 0 Å². The highest BCUT2D eigenvalue weighted by Crippen LogP contribution is 2.41. The van der Waals surface area contributed by atoms with Gasteiger partial charge in [-0.1, -0.05) is 20.3 Å². The van der Waals surface area contributed by atoms with Crippen LogP contribution in [0.1, 0.15) is 52.4 Å². The molecule has 1 saturated carbocycles. The first-order valence-electron chi connectivity index (χ1n) is 7.14. The van der Waals surface area contributed by atoms with E-state index in [4.69, 9.17) is 0 Å². The van der Waals surface area contributed by atoms with Gasteiger partial charge in [0.25, 0.3) is 0 Å². The van der Waals surface area contributed by atoms with E-state index in [9.17, 15) is 13.2 Å². The Labute approximate surface area is 109 Å². The van der Waals surface area contributed by atoms with Gasteiger partial charge in [0.1, 0.15) is 0 Å². The molecule has 0 amide bonds. The first-order chi connectivity index (χ1) is 8.40. The summed E-state index contributed by atoms with van der Waals surface area (Å²) < 4.78 is 37.8. The zero-order valence-electron chi connectivity index (χ0n) is 11.7. The van der Waals surface area contributed by atoms with Gasteiger partial charge in [-0.3, -0.25) is 0 Å². The third kappa shape index (κ3) is 4.15. The predicted molar refractivity (Wildman–Crippen MR) is 68.4 cm³/mol. The Morgan fingerprint density at radius 2 is 1.72 bits per heavy atom. The van der Waals surface area contributed by atoms with Gasteiger partial charge in [-0.25, -0.2) is 0 Å². The normalized spacial score (nSPS) is 29.0. The molecule has 1 fully saturated rings. The zero-order valence-corrected chi connectivity index (χ0v) is 11.7. The maximum Gasteiger partial charge on any atom is 0.391 e. The summed E-state index contributed by atoms with van der Waals surface area (Å²) in [6.45, 7) is 4.37. The Bertz CT molecular complexity index is 232. The van der Waals surface area contributed by atoms with Crippen LogP contribution in [0.4, 0.5) is 13.2 Å². The fourth-order valence-electron chi connectivity index (χ4n) is 3.43. The smallest absolute Gasteiger partial charge is 0.316 e. The minimum absolute atomic E-state index is 0.311. The van der Waals surface area contributed by atoms with Gasteiger partial charge in [0, 0.05) is 6.04 Å². The Kier molecular flexibility index (Phi) is 5.96. The molecule has 0 radical (unpaired) electrons.